The van der Waals surface area contributed by atoms with E-state index in [2.05, 4.69) is 15.5 Å². The average Bonchev–Trinajstić information content (AvgIpc) is 3.20. The molecule has 0 spiro atoms. The normalized spacial score (nSPS) is 17.2. The van der Waals surface area contributed by atoms with Gasteiger partial charge in [0.2, 0.25) is 5.91 Å². The molecular weight excluding hydrogens is 312 g/mol. The summed E-state index contributed by atoms with van der Waals surface area (Å²) in [7, 11) is 0. The van der Waals surface area contributed by atoms with Crippen LogP contribution >= 0.6 is 0 Å². The summed E-state index contributed by atoms with van der Waals surface area (Å²) in [6, 6.07) is 5.73. The molecule has 0 bridgehead atoms. The van der Waals surface area contributed by atoms with Gasteiger partial charge in [0.25, 0.3) is 5.82 Å². The third-order valence-electron chi connectivity index (χ3n) is 4.49. The molecule has 9 nitrogen and oxygen atoms in total. The lowest BCUT2D eigenvalue weighted by atomic mass is 10.1. The van der Waals surface area contributed by atoms with E-state index in [0.29, 0.717) is 30.8 Å². The molecule has 0 radical (unpaired) electrons. The van der Waals surface area contributed by atoms with E-state index in [0.717, 1.165) is 29.8 Å². The van der Waals surface area contributed by atoms with Gasteiger partial charge in [0.15, 0.2) is 0 Å². The van der Waals surface area contributed by atoms with Gasteiger partial charge in [-0.3, -0.25) is 9.59 Å². The topological polar surface area (TPSA) is 104 Å². The van der Waals surface area contributed by atoms with Crippen LogP contribution in [0.5, 0.6) is 0 Å². The van der Waals surface area contributed by atoms with Gasteiger partial charge in [-0.1, -0.05) is 16.0 Å². The Bertz CT molecular complexity index is 817. The van der Waals surface area contributed by atoms with Gasteiger partial charge in [0.1, 0.15) is 0 Å². The van der Waals surface area contributed by atoms with Crippen LogP contribution in [0.3, 0.4) is 0 Å². The van der Waals surface area contributed by atoms with Crippen molar-refractivity contribution in [3.8, 4) is 0 Å². The molecule has 1 saturated heterocycles. The number of carbonyl (C=O) groups is 2. The number of piperidine rings is 1. The second-order valence-electron chi connectivity index (χ2n) is 5.91. The molecule has 2 amide bonds. The van der Waals surface area contributed by atoms with Crippen molar-refractivity contribution in [1.82, 2.24) is 20.4 Å². The Morgan fingerprint density at radius 1 is 1.17 bits per heavy atom. The number of aromatic nitrogens is 4. The number of hydrogen-bond donors (Lipinski definition) is 1. The maximum atomic E-state index is 12.6. The van der Waals surface area contributed by atoms with Gasteiger partial charge >= 0.3 is 5.91 Å². The van der Waals surface area contributed by atoms with E-state index >= 15 is 0 Å². The highest BCUT2D eigenvalue weighted by Gasteiger charge is 2.31. The molecule has 4 rings (SSSR count). The zero-order valence-corrected chi connectivity index (χ0v) is 12.9. The summed E-state index contributed by atoms with van der Waals surface area (Å²) in [5.74, 6) is -0.595. The largest absolute Gasteiger partial charge is 0.409 e. The number of amides is 2. The van der Waals surface area contributed by atoms with Crippen LogP contribution < -0.4 is 9.80 Å². The number of anilines is 2. The van der Waals surface area contributed by atoms with Gasteiger partial charge in [0.05, 0.1) is 0 Å². The third-order valence-corrected chi connectivity index (χ3v) is 4.49. The minimum atomic E-state index is -0.469. The van der Waals surface area contributed by atoms with Crippen molar-refractivity contribution in [3.05, 3.63) is 29.6 Å². The molecule has 1 aromatic carbocycles. The number of carbonyl (C=O) groups excluding carboxylic acids is 2. The highest BCUT2D eigenvalue weighted by atomic mass is 16.5. The number of benzene rings is 1. The molecule has 1 aromatic heterocycles. The first-order valence-electron chi connectivity index (χ1n) is 7.88. The first-order valence-corrected chi connectivity index (χ1v) is 7.88. The number of hydrogen-bond acceptors (Lipinski definition) is 6. The average molecular weight is 328 g/mol. The lowest BCUT2D eigenvalue weighted by Crippen LogP contribution is -2.35. The summed E-state index contributed by atoms with van der Waals surface area (Å²) >= 11 is 0. The van der Waals surface area contributed by atoms with Crippen molar-refractivity contribution < 1.29 is 14.8 Å². The van der Waals surface area contributed by atoms with Gasteiger partial charge in [-0.25, -0.2) is 0 Å². The van der Waals surface area contributed by atoms with Crippen LogP contribution in [0.15, 0.2) is 18.2 Å². The second-order valence-corrected chi connectivity index (χ2v) is 5.91. The molecule has 3 heterocycles. The van der Waals surface area contributed by atoms with Crippen molar-refractivity contribution in [3.63, 3.8) is 0 Å². The lowest BCUT2D eigenvalue weighted by molar-refractivity contribution is -0.119. The van der Waals surface area contributed by atoms with Gasteiger partial charge in [0, 0.05) is 30.9 Å². The Balaban J connectivity index is 1.67. The molecule has 124 valence electrons. The summed E-state index contributed by atoms with van der Waals surface area (Å²) in [4.78, 5) is 28.4. The van der Waals surface area contributed by atoms with E-state index in [9.17, 15) is 14.8 Å². The molecular formula is C15H16N6O3. The van der Waals surface area contributed by atoms with Crippen molar-refractivity contribution in [1.29, 1.82) is 0 Å². The Labute approximate surface area is 137 Å². The van der Waals surface area contributed by atoms with Gasteiger partial charge in [-0.2, -0.15) is 0 Å². The zero-order chi connectivity index (χ0) is 16.7. The van der Waals surface area contributed by atoms with Crippen LogP contribution in [-0.4, -0.2) is 50.5 Å². The molecule has 24 heavy (non-hydrogen) atoms. The van der Waals surface area contributed by atoms with Crippen LogP contribution in [0.2, 0.25) is 0 Å². The summed E-state index contributed by atoms with van der Waals surface area (Å²) in [6.07, 6.45) is 3.16. The number of fused-ring (bicyclic) bond motifs is 1. The number of nitrogens with zero attached hydrogens (tertiary/aromatic N) is 6. The highest BCUT2D eigenvalue weighted by Crippen LogP contribution is 2.34. The predicted octanol–water partition coefficient (Wildman–Crippen LogP) is 0.630. The van der Waals surface area contributed by atoms with E-state index in [4.69, 9.17) is 0 Å². The summed E-state index contributed by atoms with van der Waals surface area (Å²) in [6.45, 7) is 1.18. The molecule has 1 fully saturated rings. The standard InChI is InChI=1S/C15H16N6O3/c22-13-3-1-2-7-19(13)11-5-4-10-6-8-20(12(10)9-11)15(23)14-16-17-18-21(14)24/h4-5,9,24H,1-3,6-8H2. The van der Waals surface area contributed by atoms with Crippen LogP contribution in [0.4, 0.5) is 11.4 Å². The Hall–Kier alpha value is -2.97. The first-order chi connectivity index (χ1) is 11.6. The van der Waals surface area contributed by atoms with Crippen molar-refractivity contribution in [2.75, 3.05) is 22.9 Å². The minimum Gasteiger partial charge on any atom is -0.409 e. The fraction of sp³-hybridized carbons (Fsp3) is 0.400. The van der Waals surface area contributed by atoms with Crippen molar-refractivity contribution in [2.45, 2.75) is 25.7 Å². The van der Waals surface area contributed by atoms with Crippen molar-refractivity contribution in [2.24, 2.45) is 0 Å². The minimum absolute atomic E-state index is 0.108. The van der Waals surface area contributed by atoms with Gasteiger partial charge in [-0.15, -0.1) is 0 Å². The molecule has 0 atom stereocenters. The predicted molar refractivity (Wildman–Crippen MR) is 83.0 cm³/mol. The van der Waals surface area contributed by atoms with Gasteiger partial charge in [-0.05, 0) is 47.4 Å². The summed E-state index contributed by atoms with van der Waals surface area (Å²) in [5.41, 5.74) is 2.55. The Morgan fingerprint density at radius 3 is 2.79 bits per heavy atom. The lowest BCUT2D eigenvalue weighted by Gasteiger charge is -2.27. The molecule has 0 unspecified atom stereocenters. The first kappa shape index (κ1) is 14.6. The van der Waals surface area contributed by atoms with E-state index in [1.165, 1.54) is 4.90 Å². The molecule has 0 aliphatic carbocycles. The maximum absolute atomic E-state index is 12.6. The molecule has 2 aromatic rings. The van der Waals surface area contributed by atoms with Crippen LogP contribution in [0, 0.1) is 0 Å². The van der Waals surface area contributed by atoms with Crippen molar-refractivity contribution >= 4 is 23.2 Å². The molecule has 2 aliphatic heterocycles. The number of tetrazole rings is 1. The number of rotatable bonds is 2. The summed E-state index contributed by atoms with van der Waals surface area (Å²) in [5, 5.41) is 19.6. The van der Waals surface area contributed by atoms with Crippen LogP contribution in [-0.2, 0) is 11.2 Å². The Morgan fingerprint density at radius 2 is 2.04 bits per heavy atom. The summed E-state index contributed by atoms with van der Waals surface area (Å²) < 4.78 is 0. The van der Waals surface area contributed by atoms with E-state index in [1.807, 2.05) is 18.2 Å². The monoisotopic (exact) mass is 328 g/mol. The van der Waals surface area contributed by atoms with Gasteiger partial charge < -0.3 is 15.0 Å². The quantitative estimate of drug-likeness (QED) is 0.811. The van der Waals surface area contributed by atoms with Crippen LogP contribution in [0.25, 0.3) is 0 Å². The molecule has 0 saturated carbocycles. The smallest absolute Gasteiger partial charge is 0.301 e. The SMILES string of the molecule is O=C1CCCCN1c1ccc2c(c1)N(C(=O)c1nnnn1O)CC2. The second kappa shape index (κ2) is 5.59. The molecule has 9 heteroatoms. The van der Waals surface area contributed by atoms with E-state index < -0.39 is 5.91 Å². The van der Waals surface area contributed by atoms with Crippen LogP contribution in [0.1, 0.15) is 35.4 Å². The molecule has 2 aliphatic rings. The third kappa shape index (κ3) is 2.29. The maximum Gasteiger partial charge on any atom is 0.301 e. The fourth-order valence-electron chi connectivity index (χ4n) is 3.26. The molecule has 1 N–H and O–H groups in total. The highest BCUT2D eigenvalue weighted by molar-refractivity contribution is 6.05. The van der Waals surface area contributed by atoms with E-state index in [-0.39, 0.29) is 11.7 Å². The van der Waals surface area contributed by atoms with E-state index in [1.54, 1.807) is 4.90 Å². The zero-order valence-electron chi connectivity index (χ0n) is 12.9. The fourth-order valence-corrected chi connectivity index (χ4v) is 3.26. The Kier molecular flexibility index (Phi) is 3.40.